The predicted molar refractivity (Wildman–Crippen MR) is 73.0 cm³/mol. The molecule has 0 saturated heterocycles. The number of thiol groups is 1. The first-order valence-electron chi connectivity index (χ1n) is 5.06. The van der Waals surface area contributed by atoms with E-state index >= 15 is 0 Å². The lowest BCUT2D eigenvalue weighted by atomic mass is 10.0. The van der Waals surface area contributed by atoms with Crippen LogP contribution in [0, 0.1) is 5.92 Å². The van der Waals surface area contributed by atoms with E-state index in [9.17, 15) is 4.21 Å². The lowest BCUT2D eigenvalue weighted by molar-refractivity contribution is 0.667. The molecule has 0 aromatic rings. The molecule has 0 rings (SSSR count). The Morgan fingerprint density at radius 2 is 1.93 bits per heavy atom. The molecule has 0 bridgehead atoms. The standard InChI is InChI=1S/C13H22OS/c1-6-8-10-13(9-7-2)12(3)11-15(4,5)14/h6-10,12,15H,1-2,11H2,3-5H3/b10-8-,13-9+. The van der Waals surface area contributed by atoms with Gasteiger partial charge in [-0.1, -0.05) is 50.5 Å². The number of hydrogen-bond donors (Lipinski definition) is 1. The first kappa shape index (κ1) is 14.1. The van der Waals surface area contributed by atoms with Crippen molar-refractivity contribution < 1.29 is 4.21 Å². The van der Waals surface area contributed by atoms with Gasteiger partial charge in [0.2, 0.25) is 0 Å². The molecule has 0 spiro atoms. The maximum absolute atomic E-state index is 11.7. The lowest BCUT2D eigenvalue weighted by Crippen LogP contribution is -2.19. The van der Waals surface area contributed by atoms with Gasteiger partial charge in [-0.2, -0.15) is 0 Å². The van der Waals surface area contributed by atoms with Crippen molar-refractivity contribution in [2.45, 2.75) is 6.92 Å². The second kappa shape index (κ2) is 6.57. The molecule has 0 aliphatic rings. The first-order valence-corrected chi connectivity index (χ1v) is 7.85. The van der Waals surface area contributed by atoms with Crippen LogP contribution in [0.25, 0.3) is 0 Å². The third-order valence-corrected chi connectivity index (χ3v) is 3.44. The van der Waals surface area contributed by atoms with Gasteiger partial charge in [0.1, 0.15) is 0 Å². The summed E-state index contributed by atoms with van der Waals surface area (Å²) in [7, 11) is -1.97. The fraction of sp³-hybridized carbons (Fsp3) is 0.385. The SMILES string of the molecule is C=C/C=C\C(=C/C=C)C(C)C[SH](C)(C)=O. The minimum atomic E-state index is -1.97. The van der Waals surface area contributed by atoms with Gasteiger partial charge in [-0.3, -0.25) is 4.21 Å². The van der Waals surface area contributed by atoms with E-state index in [1.54, 1.807) is 12.2 Å². The van der Waals surface area contributed by atoms with Gasteiger partial charge in [0.15, 0.2) is 0 Å². The van der Waals surface area contributed by atoms with Crippen LogP contribution in [0.5, 0.6) is 0 Å². The molecule has 0 aliphatic heterocycles. The first-order chi connectivity index (χ1) is 6.90. The smallest absolute Gasteiger partial charge is 0.00740 e. The zero-order chi connectivity index (χ0) is 11.9. The molecule has 0 N–H and O–H groups in total. The molecule has 2 heteroatoms. The summed E-state index contributed by atoms with van der Waals surface area (Å²) in [5, 5.41) is 0. The van der Waals surface area contributed by atoms with Gasteiger partial charge in [0.05, 0.1) is 0 Å². The minimum absolute atomic E-state index is 0.292. The van der Waals surface area contributed by atoms with E-state index in [2.05, 4.69) is 20.1 Å². The average Bonchev–Trinajstić information content (AvgIpc) is 2.09. The van der Waals surface area contributed by atoms with Crippen LogP contribution in [-0.4, -0.2) is 22.5 Å². The molecular formula is C13H22OS. The molecule has 0 aromatic carbocycles. The van der Waals surface area contributed by atoms with Crippen LogP contribution in [-0.2, 0) is 9.93 Å². The Kier molecular flexibility index (Phi) is 6.18. The molecule has 1 unspecified atom stereocenters. The topological polar surface area (TPSA) is 17.1 Å². The van der Waals surface area contributed by atoms with Gasteiger partial charge in [0.25, 0.3) is 0 Å². The maximum Gasteiger partial charge on any atom is 0.00740 e. The van der Waals surface area contributed by atoms with Gasteiger partial charge in [-0.25, -0.2) is 0 Å². The van der Waals surface area contributed by atoms with Gasteiger partial charge >= 0.3 is 0 Å². The van der Waals surface area contributed by atoms with Crippen LogP contribution >= 0.6 is 0 Å². The Morgan fingerprint density at radius 3 is 2.33 bits per heavy atom. The van der Waals surface area contributed by atoms with E-state index in [4.69, 9.17) is 0 Å². The van der Waals surface area contributed by atoms with Crippen LogP contribution in [0.2, 0.25) is 0 Å². The zero-order valence-electron chi connectivity index (χ0n) is 9.94. The Morgan fingerprint density at radius 1 is 1.33 bits per heavy atom. The summed E-state index contributed by atoms with van der Waals surface area (Å²) in [4.78, 5) is 0. The fourth-order valence-corrected chi connectivity index (χ4v) is 2.99. The molecule has 0 radical (unpaired) electrons. The van der Waals surface area contributed by atoms with Crippen LogP contribution in [0.1, 0.15) is 6.92 Å². The molecule has 0 amide bonds. The summed E-state index contributed by atoms with van der Waals surface area (Å²) in [5.41, 5.74) is 1.15. The Labute approximate surface area is 94.7 Å². The van der Waals surface area contributed by atoms with E-state index in [0.717, 1.165) is 11.3 Å². The number of hydrogen-bond acceptors (Lipinski definition) is 1. The third-order valence-electron chi connectivity index (χ3n) is 2.02. The largest absolute Gasteiger partial charge is 0.285 e. The molecule has 0 fully saturated rings. The molecule has 0 heterocycles. The van der Waals surface area contributed by atoms with Gasteiger partial charge in [-0.15, -0.1) is 9.93 Å². The molecule has 1 nitrogen and oxygen atoms in total. The molecule has 15 heavy (non-hydrogen) atoms. The number of allylic oxidation sites excluding steroid dienone is 6. The second-order valence-electron chi connectivity index (χ2n) is 4.15. The van der Waals surface area contributed by atoms with Crippen molar-refractivity contribution in [2.75, 3.05) is 18.3 Å². The summed E-state index contributed by atoms with van der Waals surface area (Å²) >= 11 is 0. The Bertz CT molecular complexity index is 317. The van der Waals surface area contributed by atoms with Crippen molar-refractivity contribution in [1.29, 1.82) is 0 Å². The highest BCUT2D eigenvalue weighted by molar-refractivity contribution is 8.01. The molecule has 1 atom stereocenters. The predicted octanol–water partition coefficient (Wildman–Crippen LogP) is 2.75. The summed E-state index contributed by atoms with van der Waals surface area (Å²) in [5.74, 6) is 1.02. The molecule has 0 aromatic heterocycles. The Hall–Kier alpha value is -0.890. The summed E-state index contributed by atoms with van der Waals surface area (Å²) in [6, 6.07) is 0. The van der Waals surface area contributed by atoms with Crippen molar-refractivity contribution in [1.82, 2.24) is 0 Å². The monoisotopic (exact) mass is 226 g/mol. The van der Waals surface area contributed by atoms with E-state index in [0.29, 0.717) is 5.92 Å². The highest BCUT2D eigenvalue weighted by Gasteiger charge is 2.11. The minimum Gasteiger partial charge on any atom is -0.285 e. The van der Waals surface area contributed by atoms with Crippen LogP contribution in [0.15, 0.2) is 49.1 Å². The third kappa shape index (κ3) is 7.09. The summed E-state index contributed by atoms with van der Waals surface area (Å²) in [6.45, 7) is 9.40. The zero-order valence-corrected chi connectivity index (χ0v) is 10.8. The van der Waals surface area contributed by atoms with E-state index in [1.807, 2.05) is 30.7 Å². The van der Waals surface area contributed by atoms with E-state index in [1.165, 1.54) is 0 Å². The van der Waals surface area contributed by atoms with Crippen LogP contribution in [0.4, 0.5) is 0 Å². The van der Waals surface area contributed by atoms with Gasteiger partial charge in [0, 0.05) is 5.75 Å². The van der Waals surface area contributed by atoms with E-state index < -0.39 is 9.93 Å². The molecule has 86 valence electrons. The Balaban J connectivity index is 4.71. The van der Waals surface area contributed by atoms with Crippen molar-refractivity contribution in [2.24, 2.45) is 5.92 Å². The van der Waals surface area contributed by atoms with Crippen molar-refractivity contribution in [3.05, 3.63) is 49.1 Å². The molecule has 0 aliphatic carbocycles. The van der Waals surface area contributed by atoms with Gasteiger partial charge < -0.3 is 0 Å². The second-order valence-corrected chi connectivity index (χ2v) is 7.67. The fourth-order valence-electron chi connectivity index (χ4n) is 1.46. The molecular weight excluding hydrogens is 204 g/mol. The van der Waals surface area contributed by atoms with E-state index in [-0.39, 0.29) is 0 Å². The normalized spacial score (nSPS) is 16.3. The van der Waals surface area contributed by atoms with Crippen molar-refractivity contribution >= 4 is 9.93 Å². The molecule has 0 saturated carbocycles. The maximum atomic E-state index is 11.7. The lowest BCUT2D eigenvalue weighted by Gasteiger charge is -2.19. The van der Waals surface area contributed by atoms with Crippen LogP contribution in [0.3, 0.4) is 0 Å². The van der Waals surface area contributed by atoms with Crippen molar-refractivity contribution in [3.8, 4) is 0 Å². The summed E-state index contributed by atoms with van der Waals surface area (Å²) < 4.78 is 11.7. The summed E-state index contributed by atoms with van der Waals surface area (Å²) in [6.07, 6.45) is 13.0. The van der Waals surface area contributed by atoms with Crippen molar-refractivity contribution in [3.63, 3.8) is 0 Å². The average molecular weight is 226 g/mol. The highest BCUT2D eigenvalue weighted by atomic mass is 32.2. The van der Waals surface area contributed by atoms with Gasteiger partial charge in [-0.05, 0) is 24.0 Å². The van der Waals surface area contributed by atoms with Crippen LogP contribution < -0.4 is 0 Å². The number of rotatable bonds is 6. The highest BCUT2D eigenvalue weighted by Crippen LogP contribution is 2.16. The quantitative estimate of drug-likeness (QED) is 0.544.